The Hall–Kier alpha value is -1.63. The number of benzene rings is 1. The van der Waals surface area contributed by atoms with Gasteiger partial charge in [-0.3, -0.25) is 5.43 Å². The third-order valence-electron chi connectivity index (χ3n) is 3.56. The van der Waals surface area contributed by atoms with Crippen molar-refractivity contribution in [2.45, 2.75) is 44.3 Å². The number of nitrogens with one attached hydrogen (secondary N) is 2. The highest BCUT2D eigenvalue weighted by Gasteiger charge is 2.29. The predicted molar refractivity (Wildman–Crippen MR) is 84.8 cm³/mol. The molecule has 1 aliphatic carbocycles. The molecule has 0 spiro atoms. The van der Waals surface area contributed by atoms with E-state index in [0.717, 1.165) is 25.0 Å². The van der Waals surface area contributed by atoms with Crippen LogP contribution in [0.15, 0.2) is 29.4 Å². The molecule has 22 heavy (non-hydrogen) atoms. The van der Waals surface area contributed by atoms with Crippen LogP contribution in [0.1, 0.15) is 43.2 Å². The Morgan fingerprint density at radius 2 is 1.77 bits per heavy atom. The van der Waals surface area contributed by atoms with Crippen molar-refractivity contribution in [3.63, 3.8) is 0 Å². The summed E-state index contributed by atoms with van der Waals surface area (Å²) in [6, 6.07) is 5.17. The van der Waals surface area contributed by atoms with Gasteiger partial charge >= 0.3 is 6.18 Å². The summed E-state index contributed by atoms with van der Waals surface area (Å²) in [6.45, 7) is 0. The van der Waals surface area contributed by atoms with E-state index in [1.165, 1.54) is 37.6 Å². The lowest BCUT2D eigenvalue weighted by Crippen LogP contribution is -2.40. The molecule has 0 amide bonds. The summed E-state index contributed by atoms with van der Waals surface area (Å²) in [5.41, 5.74) is 2.59. The third kappa shape index (κ3) is 5.29. The highest BCUT2D eigenvalue weighted by Crippen LogP contribution is 2.28. The number of hydrogen-bond acceptors (Lipinski definition) is 2. The van der Waals surface area contributed by atoms with Gasteiger partial charge in [-0.05, 0) is 42.8 Å². The Morgan fingerprint density at radius 1 is 1.14 bits per heavy atom. The number of nitrogens with zero attached hydrogens (tertiary/aromatic N) is 1. The van der Waals surface area contributed by atoms with Crippen LogP contribution < -0.4 is 10.7 Å². The van der Waals surface area contributed by atoms with Crippen LogP contribution in [0, 0.1) is 0 Å². The van der Waals surface area contributed by atoms with Crippen LogP contribution in [-0.2, 0) is 6.18 Å². The first kappa shape index (κ1) is 16.7. The van der Waals surface area contributed by atoms with Gasteiger partial charge in [-0.2, -0.15) is 18.3 Å². The number of thiocarbonyl (C=S) groups is 1. The molecule has 1 aromatic rings. The Kier molecular flexibility index (Phi) is 5.76. The van der Waals surface area contributed by atoms with E-state index < -0.39 is 11.7 Å². The average Bonchev–Trinajstić information content (AvgIpc) is 2.48. The summed E-state index contributed by atoms with van der Waals surface area (Å²) in [6.07, 6.45) is 3.00. The maximum atomic E-state index is 12.4. The molecule has 2 N–H and O–H groups in total. The fourth-order valence-electron chi connectivity index (χ4n) is 2.39. The molecule has 0 aromatic heterocycles. The van der Waals surface area contributed by atoms with Crippen molar-refractivity contribution in [3.8, 4) is 0 Å². The largest absolute Gasteiger partial charge is 0.416 e. The molecule has 0 radical (unpaired) electrons. The summed E-state index contributed by atoms with van der Waals surface area (Å²) < 4.78 is 37.3. The Morgan fingerprint density at radius 3 is 2.36 bits per heavy atom. The number of halogens is 3. The zero-order chi connectivity index (χ0) is 16.0. The second-order valence-corrected chi connectivity index (χ2v) is 5.71. The minimum atomic E-state index is -4.32. The van der Waals surface area contributed by atoms with E-state index in [2.05, 4.69) is 15.8 Å². The highest BCUT2D eigenvalue weighted by atomic mass is 32.1. The molecular weight excluding hydrogens is 311 g/mol. The zero-order valence-corrected chi connectivity index (χ0v) is 12.8. The van der Waals surface area contributed by atoms with Crippen molar-refractivity contribution in [2.24, 2.45) is 5.10 Å². The zero-order valence-electron chi connectivity index (χ0n) is 12.0. The molecule has 0 saturated heterocycles. The van der Waals surface area contributed by atoms with Gasteiger partial charge in [0.2, 0.25) is 0 Å². The number of hydrazone groups is 1. The lowest BCUT2D eigenvalue weighted by Gasteiger charge is -2.23. The highest BCUT2D eigenvalue weighted by molar-refractivity contribution is 7.80. The van der Waals surface area contributed by atoms with Crippen molar-refractivity contribution < 1.29 is 13.2 Å². The normalized spacial score (nSPS) is 16.7. The molecule has 0 heterocycles. The molecule has 120 valence electrons. The smallest absolute Gasteiger partial charge is 0.359 e. The molecule has 0 atom stereocenters. The minimum absolute atomic E-state index is 0.384. The molecule has 3 nitrogen and oxygen atoms in total. The molecule has 0 bridgehead atoms. The van der Waals surface area contributed by atoms with E-state index in [1.54, 1.807) is 0 Å². The number of hydrogen-bond donors (Lipinski definition) is 2. The van der Waals surface area contributed by atoms with Crippen molar-refractivity contribution in [1.82, 2.24) is 10.7 Å². The summed E-state index contributed by atoms with van der Waals surface area (Å²) >= 11 is 5.14. The van der Waals surface area contributed by atoms with Gasteiger partial charge in [0.25, 0.3) is 0 Å². The minimum Gasteiger partial charge on any atom is -0.359 e. The summed E-state index contributed by atoms with van der Waals surface area (Å²) in [4.78, 5) is 0. The molecule has 1 aliphatic rings. The van der Waals surface area contributed by atoms with Gasteiger partial charge in [0.15, 0.2) is 5.11 Å². The third-order valence-corrected chi connectivity index (χ3v) is 3.77. The van der Waals surface area contributed by atoms with Crippen molar-refractivity contribution >= 4 is 23.5 Å². The lowest BCUT2D eigenvalue weighted by atomic mass is 9.96. The van der Waals surface area contributed by atoms with Gasteiger partial charge < -0.3 is 5.32 Å². The van der Waals surface area contributed by atoms with E-state index in [1.807, 2.05) is 0 Å². The molecule has 1 saturated carbocycles. The van der Waals surface area contributed by atoms with Gasteiger partial charge in [-0.1, -0.05) is 31.4 Å². The molecule has 1 fully saturated rings. The standard InChI is InChI=1S/C15H18F3N3S/c16-15(17,18)12-8-6-11(7-9-12)10-19-21-14(22)20-13-4-2-1-3-5-13/h6-10,13H,1-5H2,(H2,20,21,22)/b19-10-. The Balaban J connectivity index is 1.80. The second kappa shape index (κ2) is 7.58. The van der Waals surface area contributed by atoms with E-state index in [-0.39, 0.29) is 0 Å². The van der Waals surface area contributed by atoms with E-state index in [4.69, 9.17) is 12.2 Å². The molecule has 0 unspecified atom stereocenters. The molecular formula is C15H18F3N3S. The van der Waals surface area contributed by atoms with Gasteiger partial charge in [0, 0.05) is 6.04 Å². The van der Waals surface area contributed by atoms with Crippen LogP contribution in [-0.4, -0.2) is 17.4 Å². The lowest BCUT2D eigenvalue weighted by molar-refractivity contribution is -0.137. The van der Waals surface area contributed by atoms with Crippen LogP contribution in [0.2, 0.25) is 0 Å². The van der Waals surface area contributed by atoms with Crippen LogP contribution in [0.5, 0.6) is 0 Å². The van der Waals surface area contributed by atoms with E-state index in [9.17, 15) is 13.2 Å². The summed E-state index contributed by atoms with van der Waals surface area (Å²) in [5.74, 6) is 0. The van der Waals surface area contributed by atoms with Crippen molar-refractivity contribution in [3.05, 3.63) is 35.4 Å². The SMILES string of the molecule is FC(F)(F)c1ccc(/C=N\NC(=S)NC2CCCCC2)cc1. The number of alkyl halides is 3. The number of rotatable bonds is 3. The van der Waals surface area contributed by atoms with E-state index in [0.29, 0.717) is 16.7 Å². The fourth-order valence-corrected chi connectivity index (χ4v) is 2.61. The molecule has 0 aliphatic heterocycles. The van der Waals surface area contributed by atoms with E-state index >= 15 is 0 Å². The monoisotopic (exact) mass is 329 g/mol. The van der Waals surface area contributed by atoms with Crippen LogP contribution in [0.25, 0.3) is 0 Å². The van der Waals surface area contributed by atoms with Crippen LogP contribution in [0.3, 0.4) is 0 Å². The van der Waals surface area contributed by atoms with Gasteiger partial charge in [-0.25, -0.2) is 0 Å². The summed E-state index contributed by atoms with van der Waals surface area (Å²) in [5, 5.41) is 7.57. The maximum absolute atomic E-state index is 12.4. The second-order valence-electron chi connectivity index (χ2n) is 5.30. The van der Waals surface area contributed by atoms with Crippen molar-refractivity contribution in [2.75, 3.05) is 0 Å². The van der Waals surface area contributed by atoms with Crippen LogP contribution >= 0.6 is 12.2 Å². The Bertz CT molecular complexity index is 520. The first-order valence-corrected chi connectivity index (χ1v) is 7.63. The topological polar surface area (TPSA) is 36.4 Å². The van der Waals surface area contributed by atoms with Gasteiger partial charge in [0.1, 0.15) is 0 Å². The Labute approximate surface area is 133 Å². The molecule has 7 heteroatoms. The average molecular weight is 329 g/mol. The predicted octanol–water partition coefficient (Wildman–Crippen LogP) is 3.84. The fraction of sp³-hybridized carbons (Fsp3) is 0.467. The quantitative estimate of drug-likeness (QED) is 0.503. The summed E-state index contributed by atoms with van der Waals surface area (Å²) in [7, 11) is 0. The first-order valence-electron chi connectivity index (χ1n) is 7.22. The van der Waals surface area contributed by atoms with Crippen molar-refractivity contribution in [1.29, 1.82) is 0 Å². The van der Waals surface area contributed by atoms with Gasteiger partial charge in [0.05, 0.1) is 11.8 Å². The van der Waals surface area contributed by atoms with Gasteiger partial charge in [-0.15, -0.1) is 0 Å². The van der Waals surface area contributed by atoms with Crippen LogP contribution in [0.4, 0.5) is 13.2 Å². The molecule has 1 aromatic carbocycles. The first-order chi connectivity index (χ1) is 10.4. The maximum Gasteiger partial charge on any atom is 0.416 e. The molecule has 2 rings (SSSR count).